The molecule has 0 spiro atoms. The van der Waals surface area contributed by atoms with Crippen LogP contribution in [0.3, 0.4) is 0 Å². The van der Waals surface area contributed by atoms with Crippen LogP contribution in [-0.4, -0.2) is 11.7 Å². The quantitative estimate of drug-likeness (QED) is 0.754. The predicted octanol–water partition coefficient (Wildman–Crippen LogP) is 2.79. The van der Waals surface area contributed by atoms with Crippen LogP contribution < -0.4 is 0 Å². The van der Waals surface area contributed by atoms with Gasteiger partial charge in [0.15, 0.2) is 0 Å². The van der Waals surface area contributed by atoms with Gasteiger partial charge in [-0.25, -0.2) is 0 Å². The topological polar surface area (TPSA) is 20.2 Å². The highest BCUT2D eigenvalue weighted by Crippen LogP contribution is 2.20. The Balaban J connectivity index is 2.87. The first-order valence-corrected chi connectivity index (χ1v) is 4.82. The number of rotatable bonds is 3. The molecule has 1 heteroatoms. The van der Waals surface area contributed by atoms with Crippen LogP contribution in [-0.2, 0) is 0 Å². The molecule has 0 saturated heterocycles. The van der Waals surface area contributed by atoms with Crippen molar-refractivity contribution in [2.24, 2.45) is 0 Å². The lowest BCUT2D eigenvalue weighted by Crippen LogP contribution is -1.97. The molecule has 0 bridgehead atoms. The number of aliphatic hydroxyl groups is 1. The van der Waals surface area contributed by atoms with Gasteiger partial charge < -0.3 is 5.11 Å². The van der Waals surface area contributed by atoms with Crippen molar-refractivity contribution >= 4 is 0 Å². The molecule has 72 valence electrons. The Morgan fingerprint density at radius 3 is 2.15 bits per heavy atom. The van der Waals surface area contributed by atoms with E-state index in [2.05, 4.69) is 39.0 Å². The summed E-state index contributed by atoms with van der Waals surface area (Å²) in [7, 11) is 0. The zero-order chi connectivity index (χ0) is 9.84. The first-order valence-electron chi connectivity index (χ1n) is 4.82. The van der Waals surface area contributed by atoms with Crippen molar-refractivity contribution < 1.29 is 5.11 Å². The van der Waals surface area contributed by atoms with Crippen molar-refractivity contribution in [3.8, 4) is 0 Å². The predicted molar refractivity (Wildman–Crippen MR) is 56.0 cm³/mol. The van der Waals surface area contributed by atoms with Gasteiger partial charge in [0.05, 0.1) is 0 Å². The van der Waals surface area contributed by atoms with Gasteiger partial charge in [0, 0.05) is 6.61 Å². The molecule has 1 aromatic carbocycles. The molecule has 1 rings (SSSR count). The monoisotopic (exact) mass is 178 g/mol. The number of aliphatic hydroxyl groups excluding tert-OH is 1. The molecule has 0 fully saturated rings. The Kier molecular flexibility index (Phi) is 3.49. The minimum atomic E-state index is 0.272. The maximum absolute atomic E-state index is 8.84. The molecule has 0 aromatic heterocycles. The summed E-state index contributed by atoms with van der Waals surface area (Å²) in [5, 5.41) is 8.84. The molecule has 0 aliphatic heterocycles. The van der Waals surface area contributed by atoms with E-state index in [1.165, 1.54) is 16.7 Å². The second kappa shape index (κ2) is 4.43. The summed E-state index contributed by atoms with van der Waals surface area (Å²) in [6.45, 7) is 6.66. The molecule has 0 aliphatic rings. The van der Waals surface area contributed by atoms with Gasteiger partial charge in [0.25, 0.3) is 0 Å². The third kappa shape index (κ3) is 2.85. The molecule has 13 heavy (non-hydrogen) atoms. The summed E-state index contributed by atoms with van der Waals surface area (Å²) in [6, 6.07) is 6.58. The van der Waals surface area contributed by atoms with E-state index in [9.17, 15) is 0 Å². The fourth-order valence-electron chi connectivity index (χ4n) is 1.65. The molecule has 0 radical (unpaired) electrons. The van der Waals surface area contributed by atoms with Crippen LogP contribution in [0.5, 0.6) is 0 Å². The number of hydrogen-bond donors (Lipinski definition) is 1. The van der Waals surface area contributed by atoms with Crippen molar-refractivity contribution in [2.75, 3.05) is 6.61 Å². The van der Waals surface area contributed by atoms with Crippen LogP contribution in [0.2, 0.25) is 0 Å². The average Bonchev–Trinajstić information content (AvgIpc) is 2.03. The second-order valence-corrected chi connectivity index (χ2v) is 3.83. The fraction of sp³-hybridized carbons (Fsp3) is 0.500. The van der Waals surface area contributed by atoms with E-state index in [-0.39, 0.29) is 6.61 Å². The minimum absolute atomic E-state index is 0.272. The second-order valence-electron chi connectivity index (χ2n) is 3.83. The molecule has 1 atom stereocenters. The molecule has 0 amide bonds. The standard InChI is InChI=1S/C12H18O/c1-9-6-10(2)8-12(7-9)11(3)4-5-13/h6-8,11,13H,4-5H2,1-3H3/t11-/m1/s1. The fourth-order valence-corrected chi connectivity index (χ4v) is 1.65. The van der Waals surface area contributed by atoms with Gasteiger partial charge in [-0.05, 0) is 31.7 Å². The van der Waals surface area contributed by atoms with Crippen molar-refractivity contribution in [2.45, 2.75) is 33.1 Å². The summed E-state index contributed by atoms with van der Waals surface area (Å²) >= 11 is 0. The molecule has 1 nitrogen and oxygen atoms in total. The molecule has 0 unspecified atom stereocenters. The summed E-state index contributed by atoms with van der Waals surface area (Å²) in [5.74, 6) is 0.462. The van der Waals surface area contributed by atoms with E-state index < -0.39 is 0 Å². The normalized spacial score (nSPS) is 12.9. The van der Waals surface area contributed by atoms with Crippen molar-refractivity contribution in [1.82, 2.24) is 0 Å². The summed E-state index contributed by atoms with van der Waals surface area (Å²) in [4.78, 5) is 0. The summed E-state index contributed by atoms with van der Waals surface area (Å²) < 4.78 is 0. The van der Waals surface area contributed by atoms with E-state index in [1.54, 1.807) is 0 Å². The van der Waals surface area contributed by atoms with Gasteiger partial charge in [-0.2, -0.15) is 0 Å². The van der Waals surface area contributed by atoms with Gasteiger partial charge in [-0.3, -0.25) is 0 Å². The molecule has 1 N–H and O–H groups in total. The minimum Gasteiger partial charge on any atom is -0.396 e. The smallest absolute Gasteiger partial charge is 0.0436 e. The van der Waals surface area contributed by atoms with Crippen molar-refractivity contribution in [3.63, 3.8) is 0 Å². The first-order chi connectivity index (χ1) is 6.13. The van der Waals surface area contributed by atoms with Gasteiger partial charge in [0.2, 0.25) is 0 Å². The van der Waals surface area contributed by atoms with E-state index in [1.807, 2.05) is 0 Å². The number of aryl methyl sites for hydroxylation is 2. The Labute approximate surface area is 80.4 Å². The lowest BCUT2D eigenvalue weighted by atomic mass is 9.95. The highest BCUT2D eigenvalue weighted by Gasteiger charge is 2.05. The van der Waals surface area contributed by atoms with Gasteiger partial charge in [-0.1, -0.05) is 36.2 Å². The number of benzene rings is 1. The molecule has 0 saturated carbocycles. The molecule has 0 aliphatic carbocycles. The zero-order valence-electron chi connectivity index (χ0n) is 8.67. The van der Waals surface area contributed by atoms with Crippen LogP contribution in [0.4, 0.5) is 0 Å². The van der Waals surface area contributed by atoms with Gasteiger partial charge in [0.1, 0.15) is 0 Å². The lowest BCUT2D eigenvalue weighted by molar-refractivity contribution is 0.278. The van der Waals surface area contributed by atoms with Gasteiger partial charge in [-0.15, -0.1) is 0 Å². The number of hydrogen-bond acceptors (Lipinski definition) is 1. The third-order valence-corrected chi connectivity index (χ3v) is 2.38. The SMILES string of the molecule is Cc1cc(C)cc([C@H](C)CCO)c1. The molecular weight excluding hydrogens is 160 g/mol. The maximum atomic E-state index is 8.84. The van der Waals surface area contributed by atoms with Crippen molar-refractivity contribution in [3.05, 3.63) is 34.9 Å². The molecule has 0 heterocycles. The highest BCUT2D eigenvalue weighted by molar-refractivity contribution is 5.30. The van der Waals surface area contributed by atoms with Crippen molar-refractivity contribution in [1.29, 1.82) is 0 Å². The first kappa shape index (κ1) is 10.3. The van der Waals surface area contributed by atoms with Crippen LogP contribution in [0.1, 0.15) is 36.0 Å². The Bertz CT molecular complexity index is 258. The lowest BCUT2D eigenvalue weighted by Gasteiger charge is -2.11. The highest BCUT2D eigenvalue weighted by atomic mass is 16.3. The van der Waals surface area contributed by atoms with E-state index >= 15 is 0 Å². The summed E-state index contributed by atoms with van der Waals surface area (Å²) in [6.07, 6.45) is 0.850. The third-order valence-electron chi connectivity index (χ3n) is 2.38. The Hall–Kier alpha value is -0.820. The zero-order valence-corrected chi connectivity index (χ0v) is 8.67. The molecule has 1 aromatic rings. The maximum Gasteiger partial charge on any atom is 0.0436 e. The van der Waals surface area contributed by atoms with E-state index in [0.717, 1.165) is 6.42 Å². The van der Waals surface area contributed by atoms with Crippen LogP contribution in [0.15, 0.2) is 18.2 Å². The largest absolute Gasteiger partial charge is 0.396 e. The average molecular weight is 178 g/mol. The van der Waals surface area contributed by atoms with Gasteiger partial charge >= 0.3 is 0 Å². The molecular formula is C12H18O. The Morgan fingerprint density at radius 1 is 1.15 bits per heavy atom. The Morgan fingerprint density at radius 2 is 1.69 bits per heavy atom. The summed E-state index contributed by atoms with van der Waals surface area (Å²) in [5.41, 5.74) is 3.95. The van der Waals surface area contributed by atoms with Crippen LogP contribution in [0, 0.1) is 13.8 Å². The van der Waals surface area contributed by atoms with Crippen LogP contribution in [0.25, 0.3) is 0 Å². The van der Waals surface area contributed by atoms with E-state index in [0.29, 0.717) is 5.92 Å². The van der Waals surface area contributed by atoms with E-state index in [4.69, 9.17) is 5.11 Å². The van der Waals surface area contributed by atoms with Crippen LogP contribution >= 0.6 is 0 Å².